The van der Waals surface area contributed by atoms with Crippen molar-refractivity contribution in [3.05, 3.63) is 59.7 Å². The molecule has 0 aliphatic carbocycles. The third kappa shape index (κ3) is 3.32. The SMILES string of the molecule is CC(C)OC(=O)c1cccc(-c2cccc(C=O)c2)c1. The van der Waals surface area contributed by atoms with E-state index in [1.807, 2.05) is 32.0 Å². The van der Waals surface area contributed by atoms with E-state index in [1.165, 1.54) is 0 Å². The van der Waals surface area contributed by atoms with E-state index in [9.17, 15) is 9.59 Å². The Labute approximate surface area is 118 Å². The van der Waals surface area contributed by atoms with Gasteiger partial charge in [0.15, 0.2) is 0 Å². The third-order valence-corrected chi connectivity index (χ3v) is 2.80. The van der Waals surface area contributed by atoms with Gasteiger partial charge < -0.3 is 4.74 Å². The summed E-state index contributed by atoms with van der Waals surface area (Å²) in [6.45, 7) is 3.63. The average molecular weight is 268 g/mol. The normalized spacial score (nSPS) is 10.3. The molecule has 0 saturated carbocycles. The van der Waals surface area contributed by atoms with Crippen molar-refractivity contribution in [2.45, 2.75) is 20.0 Å². The zero-order valence-corrected chi connectivity index (χ0v) is 11.5. The second-order valence-corrected chi connectivity index (χ2v) is 4.78. The van der Waals surface area contributed by atoms with Crippen LogP contribution in [0.2, 0.25) is 0 Å². The van der Waals surface area contributed by atoms with Crippen LogP contribution < -0.4 is 0 Å². The molecule has 2 rings (SSSR count). The molecule has 0 atom stereocenters. The highest BCUT2D eigenvalue weighted by atomic mass is 16.5. The maximum Gasteiger partial charge on any atom is 0.338 e. The van der Waals surface area contributed by atoms with Crippen molar-refractivity contribution < 1.29 is 14.3 Å². The molecule has 0 bridgehead atoms. The quantitative estimate of drug-likeness (QED) is 0.627. The Morgan fingerprint density at radius 3 is 2.35 bits per heavy atom. The summed E-state index contributed by atoms with van der Waals surface area (Å²) < 4.78 is 5.18. The summed E-state index contributed by atoms with van der Waals surface area (Å²) >= 11 is 0. The Kier molecular flexibility index (Phi) is 4.31. The van der Waals surface area contributed by atoms with Crippen LogP contribution in [0.1, 0.15) is 34.6 Å². The van der Waals surface area contributed by atoms with Crippen LogP contribution in [0, 0.1) is 0 Å². The monoisotopic (exact) mass is 268 g/mol. The molecule has 2 aromatic carbocycles. The summed E-state index contributed by atoms with van der Waals surface area (Å²) in [5.41, 5.74) is 2.89. The van der Waals surface area contributed by atoms with Crippen molar-refractivity contribution in [2.24, 2.45) is 0 Å². The lowest BCUT2D eigenvalue weighted by Crippen LogP contribution is -2.11. The number of carbonyl (C=O) groups is 2. The maximum atomic E-state index is 11.9. The molecule has 0 aromatic heterocycles. The van der Waals surface area contributed by atoms with Gasteiger partial charge in [-0.1, -0.05) is 30.3 Å². The highest BCUT2D eigenvalue weighted by Crippen LogP contribution is 2.21. The molecule has 0 heterocycles. The highest BCUT2D eigenvalue weighted by Gasteiger charge is 2.10. The van der Waals surface area contributed by atoms with Crippen molar-refractivity contribution in [3.63, 3.8) is 0 Å². The lowest BCUT2D eigenvalue weighted by Gasteiger charge is -2.09. The number of aldehydes is 1. The van der Waals surface area contributed by atoms with E-state index < -0.39 is 0 Å². The van der Waals surface area contributed by atoms with Crippen molar-refractivity contribution in [1.29, 1.82) is 0 Å². The molecular formula is C17H16O3. The van der Waals surface area contributed by atoms with Gasteiger partial charge in [-0.3, -0.25) is 4.79 Å². The fourth-order valence-electron chi connectivity index (χ4n) is 1.90. The fourth-order valence-corrected chi connectivity index (χ4v) is 1.90. The molecule has 0 saturated heterocycles. The van der Waals surface area contributed by atoms with Crippen LogP contribution in [-0.4, -0.2) is 18.4 Å². The molecule has 0 aliphatic heterocycles. The summed E-state index contributed by atoms with van der Waals surface area (Å²) in [7, 11) is 0. The lowest BCUT2D eigenvalue weighted by atomic mass is 10.0. The molecule has 0 aliphatic rings. The van der Waals surface area contributed by atoms with E-state index in [0.29, 0.717) is 11.1 Å². The first-order valence-electron chi connectivity index (χ1n) is 6.47. The van der Waals surface area contributed by atoms with Gasteiger partial charge in [-0.2, -0.15) is 0 Å². The number of hydrogen-bond donors (Lipinski definition) is 0. The van der Waals surface area contributed by atoms with E-state index in [1.54, 1.807) is 30.3 Å². The second kappa shape index (κ2) is 6.15. The van der Waals surface area contributed by atoms with Crippen molar-refractivity contribution >= 4 is 12.3 Å². The van der Waals surface area contributed by atoms with Crippen LogP contribution in [0.25, 0.3) is 11.1 Å². The summed E-state index contributed by atoms with van der Waals surface area (Å²) in [5.74, 6) is -0.339. The molecule has 3 heteroatoms. The molecule has 20 heavy (non-hydrogen) atoms. The minimum absolute atomic E-state index is 0.149. The number of hydrogen-bond acceptors (Lipinski definition) is 3. The van der Waals surface area contributed by atoms with Gasteiger partial charge in [0, 0.05) is 5.56 Å². The van der Waals surface area contributed by atoms with Gasteiger partial charge in [0.25, 0.3) is 0 Å². The van der Waals surface area contributed by atoms with E-state index in [-0.39, 0.29) is 12.1 Å². The average Bonchev–Trinajstić information content (AvgIpc) is 2.47. The van der Waals surface area contributed by atoms with Crippen LogP contribution in [-0.2, 0) is 4.74 Å². The zero-order valence-electron chi connectivity index (χ0n) is 11.5. The number of carbonyl (C=O) groups excluding carboxylic acids is 2. The predicted octanol–water partition coefficient (Wildman–Crippen LogP) is 3.73. The Hall–Kier alpha value is -2.42. The largest absolute Gasteiger partial charge is 0.459 e. The van der Waals surface area contributed by atoms with E-state index >= 15 is 0 Å². The van der Waals surface area contributed by atoms with Crippen molar-refractivity contribution in [2.75, 3.05) is 0 Å². The zero-order chi connectivity index (χ0) is 14.5. The molecular weight excluding hydrogens is 252 g/mol. The molecule has 0 radical (unpaired) electrons. The number of esters is 1. The molecule has 102 valence electrons. The summed E-state index contributed by atoms with van der Waals surface area (Å²) in [6, 6.07) is 14.5. The fraction of sp³-hybridized carbons (Fsp3) is 0.176. The first-order valence-corrected chi connectivity index (χ1v) is 6.47. The first kappa shape index (κ1) is 14.0. The minimum atomic E-state index is -0.339. The molecule has 0 N–H and O–H groups in total. The molecule has 0 amide bonds. The van der Waals surface area contributed by atoms with Gasteiger partial charge in [0.1, 0.15) is 6.29 Å². The summed E-state index contributed by atoms with van der Waals surface area (Å²) in [6.07, 6.45) is 0.657. The van der Waals surface area contributed by atoms with Gasteiger partial charge in [-0.05, 0) is 43.2 Å². The standard InChI is InChI=1S/C17H16O3/c1-12(2)20-17(19)16-8-4-7-15(10-16)14-6-3-5-13(9-14)11-18/h3-12H,1-2H3. The van der Waals surface area contributed by atoms with Crippen LogP contribution in [0.15, 0.2) is 48.5 Å². The first-order chi connectivity index (χ1) is 9.60. The van der Waals surface area contributed by atoms with Crippen LogP contribution in [0.3, 0.4) is 0 Å². The number of benzene rings is 2. The predicted molar refractivity (Wildman–Crippen MR) is 77.8 cm³/mol. The Balaban J connectivity index is 2.33. The molecule has 2 aromatic rings. The topological polar surface area (TPSA) is 43.4 Å². The molecule has 3 nitrogen and oxygen atoms in total. The van der Waals surface area contributed by atoms with Crippen molar-refractivity contribution in [3.8, 4) is 11.1 Å². The second-order valence-electron chi connectivity index (χ2n) is 4.78. The third-order valence-electron chi connectivity index (χ3n) is 2.80. The summed E-state index contributed by atoms with van der Waals surface area (Å²) in [4.78, 5) is 22.7. The van der Waals surface area contributed by atoms with E-state index in [4.69, 9.17) is 4.74 Å². The Morgan fingerprint density at radius 1 is 1.05 bits per heavy atom. The maximum absolute atomic E-state index is 11.9. The van der Waals surface area contributed by atoms with Crippen LogP contribution >= 0.6 is 0 Å². The van der Waals surface area contributed by atoms with Gasteiger partial charge in [-0.25, -0.2) is 4.79 Å². The lowest BCUT2D eigenvalue weighted by molar-refractivity contribution is 0.0378. The minimum Gasteiger partial charge on any atom is -0.459 e. The molecule has 0 fully saturated rings. The Bertz CT molecular complexity index is 630. The smallest absolute Gasteiger partial charge is 0.338 e. The van der Waals surface area contributed by atoms with Gasteiger partial charge in [0.05, 0.1) is 11.7 Å². The van der Waals surface area contributed by atoms with Crippen LogP contribution in [0.4, 0.5) is 0 Å². The number of ether oxygens (including phenoxy) is 1. The van der Waals surface area contributed by atoms with E-state index in [0.717, 1.165) is 17.4 Å². The van der Waals surface area contributed by atoms with Gasteiger partial charge >= 0.3 is 5.97 Å². The molecule has 0 unspecified atom stereocenters. The van der Waals surface area contributed by atoms with Crippen LogP contribution in [0.5, 0.6) is 0 Å². The summed E-state index contributed by atoms with van der Waals surface area (Å²) in [5, 5.41) is 0. The number of rotatable bonds is 4. The molecule has 0 spiro atoms. The van der Waals surface area contributed by atoms with Gasteiger partial charge in [-0.15, -0.1) is 0 Å². The van der Waals surface area contributed by atoms with Gasteiger partial charge in [0.2, 0.25) is 0 Å². The Morgan fingerprint density at radius 2 is 1.70 bits per heavy atom. The van der Waals surface area contributed by atoms with E-state index in [2.05, 4.69) is 0 Å². The van der Waals surface area contributed by atoms with Crippen molar-refractivity contribution in [1.82, 2.24) is 0 Å². The highest BCUT2D eigenvalue weighted by molar-refractivity contribution is 5.91.